The number of hydrogen-bond acceptors (Lipinski definition) is 2. The Kier molecular flexibility index (Phi) is 5.17. The first-order valence-electron chi connectivity index (χ1n) is 6.97. The molecule has 4 nitrogen and oxygen atoms in total. The minimum atomic E-state index is -0.514. The maximum absolute atomic E-state index is 12.3. The molecule has 0 aliphatic rings. The molecule has 0 aliphatic heterocycles. The van der Waals surface area contributed by atoms with Gasteiger partial charge >= 0.3 is 0 Å². The van der Waals surface area contributed by atoms with Gasteiger partial charge in [0.05, 0.1) is 6.04 Å². The summed E-state index contributed by atoms with van der Waals surface area (Å²) in [4.78, 5) is 23.3. The van der Waals surface area contributed by atoms with E-state index < -0.39 is 5.91 Å². The van der Waals surface area contributed by atoms with Crippen molar-refractivity contribution in [1.29, 1.82) is 0 Å². The minimum absolute atomic E-state index is 0.0967. The van der Waals surface area contributed by atoms with Crippen molar-refractivity contribution in [2.24, 2.45) is 5.73 Å². The highest BCUT2D eigenvalue weighted by Crippen LogP contribution is 2.19. The van der Waals surface area contributed by atoms with Crippen LogP contribution in [0.15, 0.2) is 48.5 Å². The number of benzene rings is 2. The molecule has 0 saturated carbocycles. The van der Waals surface area contributed by atoms with Crippen molar-refractivity contribution < 1.29 is 9.59 Å². The molecule has 2 aromatic rings. The molecule has 5 heteroatoms. The second kappa shape index (κ2) is 7.09. The third-order valence-corrected chi connectivity index (χ3v) is 3.67. The smallest absolute Gasteiger partial charge is 0.251 e. The summed E-state index contributed by atoms with van der Waals surface area (Å²) in [6, 6.07) is 13.6. The van der Waals surface area contributed by atoms with Crippen LogP contribution < -0.4 is 11.1 Å². The van der Waals surface area contributed by atoms with Crippen LogP contribution in [0.2, 0.25) is 5.02 Å². The highest BCUT2D eigenvalue weighted by Gasteiger charge is 2.14. The fourth-order valence-corrected chi connectivity index (χ4v) is 2.27. The molecule has 0 bridgehead atoms. The lowest BCUT2D eigenvalue weighted by Gasteiger charge is -2.17. The molecule has 0 fully saturated rings. The summed E-state index contributed by atoms with van der Waals surface area (Å²) in [7, 11) is 0. The molecule has 0 spiro atoms. The molecule has 0 aliphatic carbocycles. The standard InChI is InChI=1S/C17H17ClN2O2/c1-2-15(11-7-9-14(18)10-8-11)20-17(22)13-5-3-12(4-6-13)16(19)21/h3-10,15H,2H2,1H3,(H2,19,21)(H,20,22). The first-order chi connectivity index (χ1) is 10.5. The van der Waals surface area contributed by atoms with E-state index >= 15 is 0 Å². The third-order valence-electron chi connectivity index (χ3n) is 3.42. The van der Waals surface area contributed by atoms with E-state index in [-0.39, 0.29) is 11.9 Å². The van der Waals surface area contributed by atoms with Crippen LogP contribution in [0.4, 0.5) is 0 Å². The maximum atomic E-state index is 12.3. The zero-order valence-electron chi connectivity index (χ0n) is 12.2. The predicted molar refractivity (Wildman–Crippen MR) is 86.9 cm³/mol. The van der Waals surface area contributed by atoms with Crippen molar-refractivity contribution in [3.05, 3.63) is 70.2 Å². The molecule has 2 rings (SSSR count). The Hall–Kier alpha value is -2.33. The zero-order chi connectivity index (χ0) is 16.1. The van der Waals surface area contributed by atoms with Crippen molar-refractivity contribution in [1.82, 2.24) is 5.32 Å². The molecule has 2 amide bonds. The quantitative estimate of drug-likeness (QED) is 0.888. The van der Waals surface area contributed by atoms with E-state index in [1.54, 1.807) is 36.4 Å². The highest BCUT2D eigenvalue weighted by atomic mass is 35.5. The predicted octanol–water partition coefficient (Wildman–Crippen LogP) is 3.32. The van der Waals surface area contributed by atoms with Gasteiger partial charge < -0.3 is 11.1 Å². The van der Waals surface area contributed by atoms with E-state index in [4.69, 9.17) is 17.3 Å². The minimum Gasteiger partial charge on any atom is -0.366 e. The van der Waals surface area contributed by atoms with Crippen molar-refractivity contribution in [3.63, 3.8) is 0 Å². The topological polar surface area (TPSA) is 72.2 Å². The Morgan fingerprint density at radius 1 is 1.05 bits per heavy atom. The van der Waals surface area contributed by atoms with Gasteiger partial charge in [-0.2, -0.15) is 0 Å². The molecule has 1 unspecified atom stereocenters. The summed E-state index contributed by atoms with van der Waals surface area (Å²) in [5.74, 6) is -0.711. The Labute approximate surface area is 134 Å². The number of halogens is 1. The number of hydrogen-bond donors (Lipinski definition) is 2. The first kappa shape index (κ1) is 16.0. The number of rotatable bonds is 5. The third kappa shape index (κ3) is 3.86. The second-order valence-electron chi connectivity index (χ2n) is 4.93. The Balaban J connectivity index is 2.11. The molecule has 0 aromatic heterocycles. The summed E-state index contributed by atoms with van der Waals surface area (Å²) in [6.45, 7) is 2.00. The summed E-state index contributed by atoms with van der Waals surface area (Å²) in [5.41, 5.74) is 7.03. The lowest BCUT2D eigenvalue weighted by molar-refractivity contribution is 0.0933. The highest BCUT2D eigenvalue weighted by molar-refractivity contribution is 6.30. The summed E-state index contributed by atoms with van der Waals surface area (Å²) >= 11 is 5.88. The Morgan fingerprint density at radius 3 is 2.09 bits per heavy atom. The fourth-order valence-electron chi connectivity index (χ4n) is 2.14. The van der Waals surface area contributed by atoms with Crippen LogP contribution in [0.25, 0.3) is 0 Å². The van der Waals surface area contributed by atoms with Gasteiger partial charge in [0, 0.05) is 16.1 Å². The van der Waals surface area contributed by atoms with E-state index in [2.05, 4.69) is 5.32 Å². The summed E-state index contributed by atoms with van der Waals surface area (Å²) in [5, 5.41) is 3.63. The molecule has 0 saturated heterocycles. The fraction of sp³-hybridized carbons (Fsp3) is 0.176. The van der Waals surface area contributed by atoms with Gasteiger partial charge in [0.25, 0.3) is 5.91 Å². The SMILES string of the molecule is CCC(NC(=O)c1ccc(C(N)=O)cc1)c1ccc(Cl)cc1. The number of amides is 2. The van der Waals surface area contributed by atoms with Gasteiger partial charge in [0.15, 0.2) is 0 Å². The lowest BCUT2D eigenvalue weighted by Crippen LogP contribution is -2.28. The second-order valence-corrected chi connectivity index (χ2v) is 5.36. The molecule has 22 heavy (non-hydrogen) atoms. The number of carbonyl (C=O) groups excluding carboxylic acids is 2. The van der Waals surface area contributed by atoms with Crippen molar-refractivity contribution in [2.75, 3.05) is 0 Å². The van der Waals surface area contributed by atoms with Crippen LogP contribution in [0.3, 0.4) is 0 Å². The lowest BCUT2D eigenvalue weighted by atomic mass is 10.0. The molecule has 3 N–H and O–H groups in total. The van der Waals surface area contributed by atoms with Crippen LogP contribution in [0.5, 0.6) is 0 Å². The molecule has 0 heterocycles. The molecule has 2 aromatic carbocycles. The largest absolute Gasteiger partial charge is 0.366 e. The van der Waals surface area contributed by atoms with Gasteiger partial charge in [-0.25, -0.2) is 0 Å². The Morgan fingerprint density at radius 2 is 1.59 bits per heavy atom. The number of nitrogens with one attached hydrogen (secondary N) is 1. The van der Waals surface area contributed by atoms with Crippen LogP contribution in [-0.2, 0) is 0 Å². The molecular weight excluding hydrogens is 300 g/mol. The van der Waals surface area contributed by atoms with Crippen LogP contribution in [0, 0.1) is 0 Å². The van der Waals surface area contributed by atoms with Crippen molar-refractivity contribution >= 4 is 23.4 Å². The summed E-state index contributed by atoms with van der Waals surface area (Å²) in [6.07, 6.45) is 0.757. The van der Waals surface area contributed by atoms with Gasteiger partial charge in [-0.1, -0.05) is 30.7 Å². The van der Waals surface area contributed by atoms with Crippen LogP contribution in [0.1, 0.15) is 45.7 Å². The van der Waals surface area contributed by atoms with Crippen molar-refractivity contribution in [3.8, 4) is 0 Å². The van der Waals surface area contributed by atoms with Gasteiger partial charge in [0.2, 0.25) is 5.91 Å². The van der Waals surface area contributed by atoms with Crippen LogP contribution >= 0.6 is 11.6 Å². The van der Waals surface area contributed by atoms with E-state index in [0.717, 1.165) is 12.0 Å². The molecule has 114 valence electrons. The molecule has 1 atom stereocenters. The van der Waals surface area contributed by atoms with Gasteiger partial charge in [-0.15, -0.1) is 0 Å². The Bertz CT molecular complexity index is 666. The average molecular weight is 317 g/mol. The van der Waals surface area contributed by atoms with Crippen LogP contribution in [-0.4, -0.2) is 11.8 Å². The number of primary amides is 1. The molecular formula is C17H17ClN2O2. The molecule has 0 radical (unpaired) electrons. The van der Waals surface area contributed by atoms with Gasteiger partial charge in [0.1, 0.15) is 0 Å². The first-order valence-corrected chi connectivity index (χ1v) is 7.35. The monoisotopic (exact) mass is 316 g/mol. The maximum Gasteiger partial charge on any atom is 0.251 e. The van der Waals surface area contributed by atoms with E-state index in [0.29, 0.717) is 16.1 Å². The van der Waals surface area contributed by atoms with E-state index in [1.807, 2.05) is 19.1 Å². The van der Waals surface area contributed by atoms with E-state index in [1.165, 1.54) is 0 Å². The van der Waals surface area contributed by atoms with Gasteiger partial charge in [-0.05, 0) is 48.4 Å². The normalized spacial score (nSPS) is 11.7. The number of nitrogens with two attached hydrogens (primary N) is 1. The van der Waals surface area contributed by atoms with Gasteiger partial charge in [-0.3, -0.25) is 9.59 Å². The number of carbonyl (C=O) groups is 2. The zero-order valence-corrected chi connectivity index (χ0v) is 12.9. The van der Waals surface area contributed by atoms with Crippen molar-refractivity contribution in [2.45, 2.75) is 19.4 Å². The average Bonchev–Trinajstić information content (AvgIpc) is 2.53. The summed E-state index contributed by atoms with van der Waals surface area (Å²) < 4.78 is 0. The van der Waals surface area contributed by atoms with E-state index in [9.17, 15) is 9.59 Å².